The van der Waals surface area contributed by atoms with E-state index < -0.39 is 11.1 Å². The van der Waals surface area contributed by atoms with E-state index in [9.17, 15) is 14.4 Å². The van der Waals surface area contributed by atoms with Crippen LogP contribution in [0.1, 0.15) is 48.9 Å². The van der Waals surface area contributed by atoms with Crippen molar-refractivity contribution in [2.24, 2.45) is 0 Å². The first-order chi connectivity index (χ1) is 12.9. The Balaban J connectivity index is 0.000000659. The maximum Gasteiger partial charge on any atom is 0.290 e. The Bertz CT molecular complexity index is 957. The number of fused-ring (bicyclic) bond motifs is 1. The molecule has 1 fully saturated rings. The fourth-order valence-corrected chi connectivity index (χ4v) is 3.09. The highest BCUT2D eigenvalue weighted by Gasteiger charge is 2.34. The van der Waals surface area contributed by atoms with Gasteiger partial charge in [-0.25, -0.2) is 9.67 Å². The van der Waals surface area contributed by atoms with Gasteiger partial charge < -0.3 is 10.0 Å². The molecule has 1 saturated carbocycles. The van der Waals surface area contributed by atoms with Gasteiger partial charge >= 0.3 is 0 Å². The van der Waals surface area contributed by atoms with Gasteiger partial charge in [-0.1, -0.05) is 0 Å². The fourth-order valence-electron chi connectivity index (χ4n) is 3.09. The topological polar surface area (TPSA) is 154 Å². The zero-order valence-electron chi connectivity index (χ0n) is 14.7. The Morgan fingerprint density at radius 1 is 1.33 bits per heavy atom. The Kier molecular flexibility index (Phi) is 5.19. The molecular formula is C16H20N6O5. The highest BCUT2D eigenvalue weighted by molar-refractivity contribution is 5.79. The summed E-state index contributed by atoms with van der Waals surface area (Å²) in [6.45, 7) is 2.77. The van der Waals surface area contributed by atoms with Crippen LogP contribution in [0, 0.1) is 0 Å². The second-order valence-corrected chi connectivity index (χ2v) is 6.48. The molecular weight excluding hydrogens is 356 g/mol. The van der Waals surface area contributed by atoms with E-state index in [0.717, 1.165) is 24.5 Å². The number of hydrogen-bond acceptors (Lipinski definition) is 6. The van der Waals surface area contributed by atoms with Crippen LogP contribution in [0.3, 0.4) is 0 Å². The molecule has 1 aliphatic heterocycles. The van der Waals surface area contributed by atoms with Gasteiger partial charge in [0, 0.05) is 24.1 Å². The normalized spacial score (nSPS) is 18.3. The molecule has 2 aromatic rings. The van der Waals surface area contributed by atoms with Crippen molar-refractivity contribution in [3.63, 3.8) is 0 Å². The van der Waals surface area contributed by atoms with Gasteiger partial charge in [0.15, 0.2) is 5.82 Å². The van der Waals surface area contributed by atoms with Crippen molar-refractivity contribution in [2.75, 3.05) is 6.54 Å². The average Bonchev–Trinajstić information content (AvgIpc) is 3.38. The second kappa shape index (κ2) is 7.56. The van der Waals surface area contributed by atoms with Gasteiger partial charge in [-0.3, -0.25) is 29.4 Å². The molecule has 0 unspecified atom stereocenters. The van der Waals surface area contributed by atoms with Crippen LogP contribution in [-0.4, -0.2) is 53.9 Å². The number of H-pyrrole nitrogens is 2. The third-order valence-electron chi connectivity index (χ3n) is 4.61. The van der Waals surface area contributed by atoms with Crippen LogP contribution in [-0.2, 0) is 22.6 Å². The molecule has 144 valence electrons. The van der Waals surface area contributed by atoms with E-state index in [1.165, 1.54) is 6.07 Å². The van der Waals surface area contributed by atoms with Crippen molar-refractivity contribution in [1.82, 2.24) is 29.9 Å². The quantitative estimate of drug-likeness (QED) is 0.603. The van der Waals surface area contributed by atoms with E-state index in [-0.39, 0.29) is 30.4 Å². The monoisotopic (exact) mass is 376 g/mol. The number of amides is 1. The SMILES string of the molecule is C[C@@H]1c2nc(C3CC3)nn2CCN1C(=O)Cc1cc(=O)[nH][nH]c1=O.O=CO. The van der Waals surface area contributed by atoms with Crippen LogP contribution in [0.2, 0.25) is 0 Å². The van der Waals surface area contributed by atoms with Crippen molar-refractivity contribution in [2.45, 2.75) is 44.7 Å². The van der Waals surface area contributed by atoms with E-state index >= 15 is 0 Å². The van der Waals surface area contributed by atoms with Crippen LogP contribution in [0.15, 0.2) is 15.7 Å². The van der Waals surface area contributed by atoms with Gasteiger partial charge in [-0.15, -0.1) is 0 Å². The fraction of sp³-hybridized carbons (Fsp3) is 0.500. The minimum atomic E-state index is -0.452. The lowest BCUT2D eigenvalue weighted by Gasteiger charge is -2.32. The molecule has 0 bridgehead atoms. The molecule has 3 N–H and O–H groups in total. The largest absolute Gasteiger partial charge is 0.483 e. The first-order valence-electron chi connectivity index (χ1n) is 8.57. The standard InChI is InChI=1S/C15H18N6O3.CH2O2/c1-8-14-16-13(9-2-3-9)19-21(14)5-4-20(8)12(23)7-10-6-11(22)17-18-15(10)24;2-1-3/h6,8-9H,2-5,7H2,1H3,(H,17,22)(H,18,24);1H,(H,2,3)/t8-;/m1./s1. The zero-order chi connectivity index (χ0) is 19.6. The smallest absolute Gasteiger partial charge is 0.290 e. The molecule has 0 radical (unpaired) electrons. The molecule has 0 aromatic carbocycles. The molecule has 1 amide bonds. The Hall–Kier alpha value is -3.24. The minimum Gasteiger partial charge on any atom is -0.483 e. The summed E-state index contributed by atoms with van der Waals surface area (Å²) in [4.78, 5) is 50.3. The van der Waals surface area contributed by atoms with Crippen LogP contribution >= 0.6 is 0 Å². The van der Waals surface area contributed by atoms with Gasteiger partial charge in [0.1, 0.15) is 5.82 Å². The van der Waals surface area contributed by atoms with Gasteiger partial charge in [0.05, 0.1) is 19.0 Å². The summed E-state index contributed by atoms with van der Waals surface area (Å²) in [6, 6.07) is 0.964. The van der Waals surface area contributed by atoms with Crippen molar-refractivity contribution in [3.05, 3.63) is 44.0 Å². The van der Waals surface area contributed by atoms with E-state index in [4.69, 9.17) is 9.90 Å². The summed E-state index contributed by atoms with van der Waals surface area (Å²) >= 11 is 0. The lowest BCUT2D eigenvalue weighted by molar-refractivity contribution is -0.134. The summed E-state index contributed by atoms with van der Waals surface area (Å²) < 4.78 is 1.88. The summed E-state index contributed by atoms with van der Waals surface area (Å²) in [5.41, 5.74) is -0.716. The number of carboxylic acid groups (broad SMARTS) is 1. The summed E-state index contributed by atoms with van der Waals surface area (Å²) in [5.74, 6) is 1.93. The van der Waals surface area contributed by atoms with Crippen molar-refractivity contribution >= 4 is 12.4 Å². The molecule has 11 nitrogen and oxygen atoms in total. The number of carbonyl (C=O) groups excluding carboxylic acids is 1. The first kappa shape index (κ1) is 18.5. The summed E-state index contributed by atoms with van der Waals surface area (Å²) in [7, 11) is 0. The minimum absolute atomic E-state index is 0.104. The highest BCUT2D eigenvalue weighted by atomic mass is 16.3. The maximum absolute atomic E-state index is 12.6. The van der Waals surface area contributed by atoms with Gasteiger partial charge in [0.2, 0.25) is 5.91 Å². The number of carbonyl (C=O) groups is 2. The first-order valence-corrected chi connectivity index (χ1v) is 8.57. The van der Waals surface area contributed by atoms with Crippen LogP contribution in [0.5, 0.6) is 0 Å². The number of hydrogen-bond donors (Lipinski definition) is 3. The van der Waals surface area contributed by atoms with Crippen molar-refractivity contribution in [3.8, 4) is 0 Å². The molecule has 11 heteroatoms. The highest BCUT2D eigenvalue weighted by Crippen LogP contribution is 2.39. The molecule has 0 saturated heterocycles. The number of rotatable bonds is 3. The van der Waals surface area contributed by atoms with Crippen LogP contribution in [0.4, 0.5) is 0 Å². The summed E-state index contributed by atoms with van der Waals surface area (Å²) in [5, 5.41) is 15.9. The molecule has 0 spiro atoms. The van der Waals surface area contributed by atoms with Crippen LogP contribution < -0.4 is 11.1 Å². The Morgan fingerprint density at radius 2 is 2.04 bits per heavy atom. The third-order valence-corrected chi connectivity index (χ3v) is 4.61. The van der Waals surface area contributed by atoms with E-state index in [0.29, 0.717) is 19.0 Å². The van der Waals surface area contributed by atoms with Crippen LogP contribution in [0.25, 0.3) is 0 Å². The molecule has 1 aliphatic carbocycles. The molecule has 2 aromatic heterocycles. The number of aromatic nitrogens is 5. The Morgan fingerprint density at radius 3 is 2.70 bits per heavy atom. The van der Waals surface area contributed by atoms with E-state index in [2.05, 4.69) is 20.3 Å². The predicted molar refractivity (Wildman–Crippen MR) is 92.2 cm³/mol. The lowest BCUT2D eigenvalue weighted by Crippen LogP contribution is -2.43. The lowest BCUT2D eigenvalue weighted by atomic mass is 10.1. The number of nitrogens with zero attached hydrogens (tertiary/aromatic N) is 4. The number of aromatic amines is 2. The zero-order valence-corrected chi connectivity index (χ0v) is 14.7. The van der Waals surface area contributed by atoms with Crippen molar-refractivity contribution < 1.29 is 14.7 Å². The average molecular weight is 376 g/mol. The molecule has 27 heavy (non-hydrogen) atoms. The van der Waals surface area contributed by atoms with E-state index in [1.54, 1.807) is 4.90 Å². The second-order valence-electron chi connectivity index (χ2n) is 6.48. The summed E-state index contributed by atoms with van der Waals surface area (Å²) in [6.07, 6.45) is 2.16. The molecule has 3 heterocycles. The number of nitrogens with one attached hydrogen (secondary N) is 2. The third kappa shape index (κ3) is 3.96. The van der Waals surface area contributed by atoms with Gasteiger partial charge in [-0.05, 0) is 19.8 Å². The van der Waals surface area contributed by atoms with E-state index in [1.807, 2.05) is 11.6 Å². The molecule has 4 rings (SSSR count). The molecule has 2 aliphatic rings. The Labute approximate surface area is 153 Å². The molecule has 1 atom stereocenters. The maximum atomic E-state index is 12.6. The van der Waals surface area contributed by atoms with Gasteiger partial charge in [0.25, 0.3) is 17.6 Å². The van der Waals surface area contributed by atoms with Crippen molar-refractivity contribution in [1.29, 1.82) is 0 Å². The predicted octanol–water partition coefficient (Wildman–Crippen LogP) is -0.621. The van der Waals surface area contributed by atoms with Gasteiger partial charge in [-0.2, -0.15) is 5.10 Å².